The number of aliphatic carboxylic acids is 1. The number of nitrogens with two attached hydrogens (primary N) is 1. The van der Waals surface area contributed by atoms with Crippen LogP contribution in [0.1, 0.15) is 31.4 Å². The van der Waals surface area contributed by atoms with Crippen LogP contribution < -0.4 is 5.73 Å². The van der Waals surface area contributed by atoms with E-state index in [0.29, 0.717) is 5.56 Å². The minimum atomic E-state index is -4.41. The van der Waals surface area contributed by atoms with Gasteiger partial charge < -0.3 is 10.8 Å². The Hall–Kier alpha value is -1.56. The molecular weight excluding hydrogens is 259 g/mol. The summed E-state index contributed by atoms with van der Waals surface area (Å²) < 4.78 is 37.4. The Bertz CT molecular complexity index is 454. The normalized spacial score (nSPS) is 16.7. The first-order valence-corrected chi connectivity index (χ1v) is 5.72. The Morgan fingerprint density at radius 3 is 2.00 bits per heavy atom. The van der Waals surface area contributed by atoms with Crippen LogP contribution in [0.4, 0.5) is 13.2 Å². The van der Waals surface area contributed by atoms with Crippen LogP contribution in [0, 0.1) is 0 Å². The molecule has 1 aromatic carbocycles. The third kappa shape index (κ3) is 3.47. The number of alkyl halides is 3. The van der Waals surface area contributed by atoms with E-state index >= 15 is 0 Å². The lowest BCUT2D eigenvalue weighted by molar-refractivity contribution is -0.139. The van der Waals surface area contributed by atoms with E-state index in [-0.39, 0.29) is 6.42 Å². The summed E-state index contributed by atoms with van der Waals surface area (Å²) in [6.07, 6.45) is -4.65. The van der Waals surface area contributed by atoms with Gasteiger partial charge >= 0.3 is 12.1 Å². The monoisotopic (exact) mass is 275 g/mol. The van der Waals surface area contributed by atoms with E-state index in [0.717, 1.165) is 12.1 Å². The lowest BCUT2D eigenvalue weighted by Gasteiger charge is -2.32. The van der Waals surface area contributed by atoms with Gasteiger partial charge in [-0.2, -0.15) is 13.2 Å². The van der Waals surface area contributed by atoms with Crippen LogP contribution >= 0.6 is 0 Å². The molecule has 3 nitrogen and oxygen atoms in total. The minimum absolute atomic E-state index is 0.240. The van der Waals surface area contributed by atoms with Gasteiger partial charge in [0.2, 0.25) is 0 Å². The van der Waals surface area contributed by atoms with Gasteiger partial charge in [0.15, 0.2) is 0 Å². The maximum atomic E-state index is 12.5. The van der Waals surface area contributed by atoms with Gasteiger partial charge in [0.1, 0.15) is 0 Å². The molecule has 2 unspecified atom stereocenters. The largest absolute Gasteiger partial charge is 0.481 e. The number of rotatable bonds is 4. The predicted octanol–water partition coefficient (Wildman–Crippen LogP) is 2.79. The fourth-order valence-corrected chi connectivity index (χ4v) is 1.88. The lowest BCUT2D eigenvalue weighted by Crippen LogP contribution is -2.42. The van der Waals surface area contributed by atoms with E-state index in [1.165, 1.54) is 12.1 Å². The average molecular weight is 275 g/mol. The molecule has 0 saturated carbocycles. The molecule has 0 bridgehead atoms. The van der Waals surface area contributed by atoms with Crippen molar-refractivity contribution in [2.75, 3.05) is 0 Å². The van der Waals surface area contributed by atoms with E-state index in [9.17, 15) is 18.0 Å². The van der Waals surface area contributed by atoms with Gasteiger partial charge in [-0.05, 0) is 24.6 Å². The highest BCUT2D eigenvalue weighted by Gasteiger charge is 2.35. The van der Waals surface area contributed by atoms with Crippen LogP contribution in [-0.4, -0.2) is 17.1 Å². The van der Waals surface area contributed by atoms with Crippen molar-refractivity contribution >= 4 is 5.97 Å². The van der Waals surface area contributed by atoms with Crippen LogP contribution in [0.3, 0.4) is 0 Å². The smallest absolute Gasteiger partial charge is 0.416 e. The van der Waals surface area contributed by atoms with Crippen molar-refractivity contribution in [1.82, 2.24) is 0 Å². The van der Waals surface area contributed by atoms with Gasteiger partial charge in [-0.25, -0.2) is 0 Å². The molecule has 1 aromatic rings. The first-order chi connectivity index (χ1) is 8.57. The summed E-state index contributed by atoms with van der Waals surface area (Å²) >= 11 is 0. The second-order valence-electron chi connectivity index (χ2n) is 4.85. The Morgan fingerprint density at radius 1 is 1.26 bits per heavy atom. The highest BCUT2D eigenvalue weighted by Crippen LogP contribution is 2.34. The van der Waals surface area contributed by atoms with E-state index in [4.69, 9.17) is 10.8 Å². The molecule has 0 saturated heterocycles. The fourth-order valence-electron chi connectivity index (χ4n) is 1.88. The molecule has 0 aliphatic rings. The number of carboxylic acids is 1. The summed E-state index contributed by atoms with van der Waals surface area (Å²) in [7, 11) is 0. The van der Waals surface area contributed by atoms with Gasteiger partial charge in [-0.1, -0.05) is 19.1 Å². The lowest BCUT2D eigenvalue weighted by atomic mass is 9.74. The number of carbonyl (C=O) groups is 1. The second kappa shape index (κ2) is 5.21. The summed E-state index contributed by atoms with van der Waals surface area (Å²) in [5, 5.41) is 8.91. The van der Waals surface area contributed by atoms with Gasteiger partial charge in [0.05, 0.1) is 12.0 Å². The molecule has 3 N–H and O–H groups in total. The van der Waals surface area contributed by atoms with Crippen molar-refractivity contribution in [3.8, 4) is 0 Å². The number of hydrogen-bond acceptors (Lipinski definition) is 2. The number of carboxylic acid groups (broad SMARTS) is 1. The standard InChI is InChI=1S/C13H16F3NO2/c1-8(17)12(2,7-11(18)19)9-3-5-10(6-4-9)13(14,15)16/h3-6,8H,7,17H2,1-2H3,(H,18,19). The number of halogens is 3. The Morgan fingerprint density at radius 2 is 1.68 bits per heavy atom. The van der Waals surface area contributed by atoms with Crippen molar-refractivity contribution < 1.29 is 23.1 Å². The number of hydrogen-bond donors (Lipinski definition) is 2. The van der Waals surface area contributed by atoms with E-state index in [2.05, 4.69) is 0 Å². The number of benzene rings is 1. The van der Waals surface area contributed by atoms with Crippen LogP contribution in [0.15, 0.2) is 24.3 Å². The van der Waals surface area contributed by atoms with E-state index < -0.39 is 29.2 Å². The van der Waals surface area contributed by atoms with Crippen molar-refractivity contribution in [2.45, 2.75) is 37.9 Å². The molecule has 6 heteroatoms. The fraction of sp³-hybridized carbons (Fsp3) is 0.462. The maximum Gasteiger partial charge on any atom is 0.416 e. The average Bonchev–Trinajstić information content (AvgIpc) is 2.26. The van der Waals surface area contributed by atoms with Gasteiger partial charge in [-0.15, -0.1) is 0 Å². The SMILES string of the molecule is CC(N)C(C)(CC(=O)O)c1ccc(C(F)(F)F)cc1. The topological polar surface area (TPSA) is 63.3 Å². The molecule has 0 fully saturated rings. The van der Waals surface area contributed by atoms with E-state index in [1.807, 2.05) is 0 Å². The molecule has 2 atom stereocenters. The highest BCUT2D eigenvalue weighted by molar-refractivity contribution is 5.69. The van der Waals surface area contributed by atoms with Crippen molar-refractivity contribution in [3.63, 3.8) is 0 Å². The van der Waals surface area contributed by atoms with Crippen LogP contribution in [0.25, 0.3) is 0 Å². The molecule has 0 heterocycles. The third-order valence-corrected chi connectivity index (χ3v) is 3.40. The summed E-state index contributed by atoms with van der Waals surface area (Å²) in [6.45, 7) is 3.27. The molecule has 0 aliphatic carbocycles. The maximum absolute atomic E-state index is 12.5. The van der Waals surface area contributed by atoms with Crippen molar-refractivity contribution in [1.29, 1.82) is 0 Å². The summed E-state index contributed by atoms with van der Waals surface area (Å²) in [6, 6.07) is 3.96. The molecule has 0 spiro atoms. The molecule has 106 valence electrons. The first-order valence-electron chi connectivity index (χ1n) is 5.72. The molecule has 0 radical (unpaired) electrons. The van der Waals surface area contributed by atoms with E-state index in [1.54, 1.807) is 13.8 Å². The summed E-state index contributed by atoms with van der Waals surface area (Å²) in [5.41, 5.74) is 4.60. The summed E-state index contributed by atoms with van der Waals surface area (Å²) in [5.74, 6) is -1.04. The Balaban J connectivity index is 3.15. The zero-order valence-corrected chi connectivity index (χ0v) is 10.7. The van der Waals surface area contributed by atoms with Crippen LogP contribution in [0.5, 0.6) is 0 Å². The molecule has 0 aliphatic heterocycles. The molecule has 1 rings (SSSR count). The van der Waals surface area contributed by atoms with Crippen LogP contribution in [0.2, 0.25) is 0 Å². The van der Waals surface area contributed by atoms with Crippen LogP contribution in [-0.2, 0) is 16.4 Å². The Labute approximate surface area is 109 Å². The minimum Gasteiger partial charge on any atom is -0.481 e. The molecule has 0 aromatic heterocycles. The predicted molar refractivity (Wildman–Crippen MR) is 64.7 cm³/mol. The van der Waals surface area contributed by atoms with Crippen molar-refractivity contribution in [2.24, 2.45) is 5.73 Å². The Kier molecular flexibility index (Phi) is 4.25. The summed E-state index contributed by atoms with van der Waals surface area (Å²) in [4.78, 5) is 10.9. The first kappa shape index (κ1) is 15.5. The molecule has 19 heavy (non-hydrogen) atoms. The van der Waals surface area contributed by atoms with Crippen molar-refractivity contribution in [3.05, 3.63) is 35.4 Å². The quantitative estimate of drug-likeness (QED) is 0.888. The zero-order valence-electron chi connectivity index (χ0n) is 10.7. The van der Waals surface area contributed by atoms with Gasteiger partial charge in [-0.3, -0.25) is 4.79 Å². The molecular formula is C13H16F3NO2. The molecule has 0 amide bonds. The van der Waals surface area contributed by atoms with Gasteiger partial charge in [0, 0.05) is 11.5 Å². The van der Waals surface area contributed by atoms with Gasteiger partial charge in [0.25, 0.3) is 0 Å². The second-order valence-corrected chi connectivity index (χ2v) is 4.85. The highest BCUT2D eigenvalue weighted by atomic mass is 19.4. The third-order valence-electron chi connectivity index (χ3n) is 3.40. The zero-order chi connectivity index (χ0) is 14.8.